The molecule has 4 nitrogen and oxygen atoms in total. The average Bonchev–Trinajstić information content (AvgIpc) is 2.49. The molecule has 0 spiro atoms. The molecule has 0 aliphatic rings. The van der Waals surface area contributed by atoms with E-state index in [1.165, 1.54) is 0 Å². The van der Waals surface area contributed by atoms with Crippen LogP contribution < -0.4 is 9.47 Å². The second kappa shape index (κ2) is 6.72. The van der Waals surface area contributed by atoms with Crippen LogP contribution in [-0.4, -0.2) is 24.3 Å². The molecule has 0 aliphatic heterocycles. The first-order chi connectivity index (χ1) is 9.65. The number of rotatable bonds is 5. The van der Waals surface area contributed by atoms with Crippen LogP contribution in [0.1, 0.15) is 17.2 Å². The van der Waals surface area contributed by atoms with Crippen LogP contribution in [0, 0.1) is 0 Å². The van der Waals surface area contributed by atoms with Gasteiger partial charge in [-0.1, -0.05) is 15.9 Å². The molecule has 0 saturated carbocycles. The molecule has 106 valence electrons. The molecule has 1 unspecified atom stereocenters. The average molecular weight is 338 g/mol. The van der Waals surface area contributed by atoms with E-state index in [4.69, 9.17) is 9.47 Å². The van der Waals surface area contributed by atoms with E-state index < -0.39 is 6.10 Å². The van der Waals surface area contributed by atoms with E-state index in [-0.39, 0.29) is 0 Å². The molecule has 0 amide bonds. The van der Waals surface area contributed by atoms with Gasteiger partial charge in [-0.25, -0.2) is 4.98 Å². The smallest absolute Gasteiger partial charge is 0.218 e. The molecule has 0 aliphatic carbocycles. The van der Waals surface area contributed by atoms with E-state index in [9.17, 15) is 5.11 Å². The summed E-state index contributed by atoms with van der Waals surface area (Å²) in [5.74, 6) is 1.20. The van der Waals surface area contributed by atoms with Crippen LogP contribution >= 0.6 is 15.9 Å². The summed E-state index contributed by atoms with van der Waals surface area (Å²) in [7, 11) is 3.16. The van der Waals surface area contributed by atoms with Crippen molar-refractivity contribution in [2.75, 3.05) is 14.2 Å². The Kier molecular flexibility index (Phi) is 4.98. The van der Waals surface area contributed by atoms with Crippen LogP contribution in [0.2, 0.25) is 0 Å². The summed E-state index contributed by atoms with van der Waals surface area (Å²) >= 11 is 3.48. The Hall–Kier alpha value is -1.59. The molecule has 5 heteroatoms. The van der Waals surface area contributed by atoms with Gasteiger partial charge in [0, 0.05) is 22.7 Å². The van der Waals surface area contributed by atoms with Crippen LogP contribution in [0.4, 0.5) is 0 Å². The maximum atomic E-state index is 10.4. The van der Waals surface area contributed by atoms with Crippen molar-refractivity contribution in [3.8, 4) is 11.6 Å². The number of halogens is 1. The van der Waals surface area contributed by atoms with E-state index in [1.54, 1.807) is 26.5 Å². The Morgan fingerprint density at radius 1 is 1.25 bits per heavy atom. The third-order valence-electron chi connectivity index (χ3n) is 3.02. The Morgan fingerprint density at radius 3 is 2.75 bits per heavy atom. The van der Waals surface area contributed by atoms with Crippen molar-refractivity contribution in [2.45, 2.75) is 12.5 Å². The number of benzene rings is 1. The molecule has 0 radical (unpaired) electrons. The molecule has 1 aromatic carbocycles. The topological polar surface area (TPSA) is 51.6 Å². The van der Waals surface area contributed by atoms with E-state index in [0.29, 0.717) is 17.9 Å². The minimum atomic E-state index is -0.693. The quantitative estimate of drug-likeness (QED) is 0.910. The molecule has 1 N–H and O–H groups in total. The van der Waals surface area contributed by atoms with Crippen LogP contribution in [0.3, 0.4) is 0 Å². The van der Waals surface area contributed by atoms with Gasteiger partial charge in [0.05, 0.1) is 20.3 Å². The Morgan fingerprint density at radius 2 is 2.05 bits per heavy atom. The van der Waals surface area contributed by atoms with E-state index in [0.717, 1.165) is 15.8 Å². The van der Waals surface area contributed by atoms with Gasteiger partial charge in [-0.2, -0.15) is 0 Å². The summed E-state index contributed by atoms with van der Waals surface area (Å²) in [6, 6.07) is 9.26. The van der Waals surface area contributed by atoms with Gasteiger partial charge in [0.1, 0.15) is 5.75 Å². The van der Waals surface area contributed by atoms with Gasteiger partial charge < -0.3 is 14.6 Å². The molecule has 2 rings (SSSR count). The predicted molar refractivity (Wildman–Crippen MR) is 80.1 cm³/mol. The zero-order valence-electron chi connectivity index (χ0n) is 11.3. The van der Waals surface area contributed by atoms with Crippen molar-refractivity contribution in [1.82, 2.24) is 4.98 Å². The molecule has 0 fully saturated rings. The maximum absolute atomic E-state index is 10.4. The predicted octanol–water partition coefficient (Wildman–Crippen LogP) is 3.14. The Bertz CT molecular complexity index is 589. The van der Waals surface area contributed by atoms with Gasteiger partial charge in [0.2, 0.25) is 5.88 Å². The number of nitrogens with zero attached hydrogens (tertiary/aromatic N) is 1. The zero-order valence-corrected chi connectivity index (χ0v) is 12.9. The second-order valence-electron chi connectivity index (χ2n) is 4.28. The van der Waals surface area contributed by atoms with Crippen LogP contribution in [0.25, 0.3) is 0 Å². The summed E-state index contributed by atoms with van der Waals surface area (Å²) in [6.45, 7) is 0. The molecular formula is C15H16BrNO3. The van der Waals surface area contributed by atoms with E-state index >= 15 is 0 Å². The SMILES string of the molecule is COc1ccc(Br)c(CC(O)c2cccnc2OC)c1. The molecule has 1 aromatic heterocycles. The summed E-state index contributed by atoms with van der Waals surface area (Å²) in [6.07, 6.45) is 1.39. The van der Waals surface area contributed by atoms with Crippen molar-refractivity contribution in [1.29, 1.82) is 0 Å². The fourth-order valence-corrected chi connectivity index (χ4v) is 2.39. The minimum Gasteiger partial charge on any atom is -0.497 e. The molecule has 0 bridgehead atoms. The first-order valence-corrected chi connectivity index (χ1v) is 6.94. The molecular weight excluding hydrogens is 322 g/mol. The summed E-state index contributed by atoms with van der Waals surface area (Å²) in [5, 5.41) is 10.4. The lowest BCUT2D eigenvalue weighted by atomic mass is 10.0. The minimum absolute atomic E-state index is 0.444. The maximum Gasteiger partial charge on any atom is 0.218 e. The molecule has 20 heavy (non-hydrogen) atoms. The van der Waals surface area contributed by atoms with E-state index in [1.807, 2.05) is 24.3 Å². The van der Waals surface area contributed by atoms with Crippen LogP contribution in [0.15, 0.2) is 41.0 Å². The largest absolute Gasteiger partial charge is 0.497 e. The highest BCUT2D eigenvalue weighted by atomic mass is 79.9. The van der Waals surface area contributed by atoms with Gasteiger partial charge in [0.15, 0.2) is 0 Å². The number of hydrogen-bond donors (Lipinski definition) is 1. The third-order valence-corrected chi connectivity index (χ3v) is 3.79. The summed E-state index contributed by atoms with van der Waals surface area (Å²) in [5.41, 5.74) is 1.63. The highest BCUT2D eigenvalue weighted by molar-refractivity contribution is 9.10. The number of aromatic nitrogens is 1. The first-order valence-electron chi connectivity index (χ1n) is 6.15. The number of pyridine rings is 1. The van der Waals surface area contributed by atoms with Crippen molar-refractivity contribution in [3.63, 3.8) is 0 Å². The normalized spacial score (nSPS) is 12.0. The van der Waals surface area contributed by atoms with Gasteiger partial charge >= 0.3 is 0 Å². The first kappa shape index (κ1) is 14.8. The monoisotopic (exact) mass is 337 g/mol. The standard InChI is InChI=1S/C15H16BrNO3/c1-19-11-5-6-13(16)10(8-11)9-14(18)12-4-3-7-17-15(12)20-2/h3-8,14,18H,9H2,1-2H3. The van der Waals surface area contributed by atoms with Gasteiger partial charge in [0.25, 0.3) is 0 Å². The molecule has 0 saturated heterocycles. The number of aliphatic hydroxyl groups is 1. The molecule has 2 aromatic rings. The number of methoxy groups -OCH3 is 2. The highest BCUT2D eigenvalue weighted by Crippen LogP contribution is 2.30. The van der Waals surface area contributed by atoms with Crippen molar-refractivity contribution < 1.29 is 14.6 Å². The lowest BCUT2D eigenvalue weighted by Gasteiger charge is -2.15. The summed E-state index contributed by atoms with van der Waals surface area (Å²) in [4.78, 5) is 4.10. The highest BCUT2D eigenvalue weighted by Gasteiger charge is 2.16. The van der Waals surface area contributed by atoms with Gasteiger partial charge in [-0.05, 0) is 35.9 Å². The Labute approximate surface area is 126 Å². The number of aliphatic hydroxyl groups excluding tert-OH is 1. The van der Waals surface area contributed by atoms with Crippen LogP contribution in [0.5, 0.6) is 11.6 Å². The van der Waals surface area contributed by atoms with Crippen LogP contribution in [-0.2, 0) is 6.42 Å². The number of hydrogen-bond acceptors (Lipinski definition) is 4. The lowest BCUT2D eigenvalue weighted by Crippen LogP contribution is -2.05. The molecule has 1 heterocycles. The zero-order chi connectivity index (χ0) is 14.5. The number of ether oxygens (including phenoxy) is 2. The van der Waals surface area contributed by atoms with Gasteiger partial charge in [-0.15, -0.1) is 0 Å². The van der Waals surface area contributed by atoms with Gasteiger partial charge in [-0.3, -0.25) is 0 Å². The fourth-order valence-electron chi connectivity index (χ4n) is 1.98. The fraction of sp³-hybridized carbons (Fsp3) is 0.267. The van der Waals surface area contributed by atoms with E-state index in [2.05, 4.69) is 20.9 Å². The van der Waals surface area contributed by atoms with Crippen molar-refractivity contribution in [2.24, 2.45) is 0 Å². The second-order valence-corrected chi connectivity index (χ2v) is 5.13. The summed E-state index contributed by atoms with van der Waals surface area (Å²) < 4.78 is 11.3. The van der Waals surface area contributed by atoms with Crippen molar-refractivity contribution in [3.05, 3.63) is 52.1 Å². The Balaban J connectivity index is 2.25. The van der Waals surface area contributed by atoms with Crippen molar-refractivity contribution >= 4 is 15.9 Å². The third kappa shape index (κ3) is 3.29. The lowest BCUT2D eigenvalue weighted by molar-refractivity contribution is 0.172. The molecule has 1 atom stereocenters.